The van der Waals surface area contributed by atoms with Crippen LogP contribution < -0.4 is 10.6 Å². The van der Waals surface area contributed by atoms with Gasteiger partial charge in [0.2, 0.25) is 0 Å². The van der Waals surface area contributed by atoms with Crippen LogP contribution in [-0.2, 0) is 0 Å². The largest absolute Gasteiger partial charge is 0.381 e. The lowest BCUT2D eigenvalue weighted by molar-refractivity contribution is 0.713. The number of hydrogen-bond acceptors (Lipinski definition) is 2. The average molecular weight is 190 g/mol. The monoisotopic (exact) mass is 190 g/mol. The highest BCUT2D eigenvalue weighted by molar-refractivity contribution is 5.73. The molecule has 1 aliphatic rings. The maximum atomic E-state index is 3.55. The fourth-order valence-electron chi connectivity index (χ4n) is 1.83. The minimum atomic E-state index is 0.574. The first-order chi connectivity index (χ1) is 6.70. The van der Waals surface area contributed by atoms with Crippen LogP contribution in [0, 0.1) is 13.8 Å². The second-order valence-corrected chi connectivity index (χ2v) is 4.11. The van der Waals surface area contributed by atoms with Gasteiger partial charge in [0.05, 0.1) is 11.4 Å². The van der Waals surface area contributed by atoms with Crippen molar-refractivity contribution in [3.05, 3.63) is 23.3 Å². The molecule has 14 heavy (non-hydrogen) atoms. The van der Waals surface area contributed by atoms with Crippen molar-refractivity contribution in [3.63, 3.8) is 0 Å². The number of anilines is 2. The summed E-state index contributed by atoms with van der Waals surface area (Å²) in [5.41, 5.74) is 5.21. The minimum Gasteiger partial charge on any atom is -0.381 e. The lowest BCUT2D eigenvalue weighted by atomic mass is 10.0. The molecule has 2 nitrogen and oxygen atoms in total. The Labute approximate surface area is 85.7 Å². The molecule has 0 spiro atoms. The molecule has 0 bridgehead atoms. The molecular weight excluding hydrogens is 172 g/mol. The van der Waals surface area contributed by atoms with Gasteiger partial charge in [0.25, 0.3) is 0 Å². The molecule has 0 radical (unpaired) electrons. The molecule has 1 unspecified atom stereocenters. The Morgan fingerprint density at radius 2 is 1.86 bits per heavy atom. The van der Waals surface area contributed by atoms with Crippen molar-refractivity contribution in [3.8, 4) is 0 Å². The van der Waals surface area contributed by atoms with Crippen LogP contribution in [0.5, 0.6) is 0 Å². The molecule has 1 aliphatic heterocycles. The second kappa shape index (κ2) is 3.52. The number of aryl methyl sites for hydroxylation is 2. The standard InChI is InChI=1S/C12H18N2/c1-4-10-7-13-11-5-8(2)9(3)6-12(11)14-10/h5-6,10,13-14H,4,7H2,1-3H3. The number of rotatable bonds is 1. The first-order valence-electron chi connectivity index (χ1n) is 5.32. The molecule has 2 rings (SSSR count). The highest BCUT2D eigenvalue weighted by Crippen LogP contribution is 2.29. The predicted octanol–water partition coefficient (Wildman–Crippen LogP) is 2.92. The van der Waals surface area contributed by atoms with E-state index in [9.17, 15) is 0 Å². The summed E-state index contributed by atoms with van der Waals surface area (Å²) in [6.45, 7) is 7.56. The molecule has 76 valence electrons. The quantitative estimate of drug-likeness (QED) is 0.711. The van der Waals surface area contributed by atoms with Gasteiger partial charge in [-0.2, -0.15) is 0 Å². The fourth-order valence-corrected chi connectivity index (χ4v) is 1.83. The van der Waals surface area contributed by atoms with Gasteiger partial charge >= 0.3 is 0 Å². The molecule has 1 aromatic carbocycles. The van der Waals surface area contributed by atoms with E-state index in [0.29, 0.717) is 6.04 Å². The van der Waals surface area contributed by atoms with Crippen LogP contribution in [0.3, 0.4) is 0 Å². The van der Waals surface area contributed by atoms with E-state index in [0.717, 1.165) is 6.54 Å². The normalized spacial score (nSPS) is 19.5. The Kier molecular flexibility index (Phi) is 2.36. The minimum absolute atomic E-state index is 0.574. The number of benzene rings is 1. The zero-order valence-electron chi connectivity index (χ0n) is 9.15. The van der Waals surface area contributed by atoms with Crippen LogP contribution in [0.2, 0.25) is 0 Å². The molecule has 0 aliphatic carbocycles. The van der Waals surface area contributed by atoms with Gasteiger partial charge in [0.1, 0.15) is 0 Å². The molecule has 0 aromatic heterocycles. The van der Waals surface area contributed by atoms with Gasteiger partial charge in [-0.15, -0.1) is 0 Å². The van der Waals surface area contributed by atoms with E-state index < -0.39 is 0 Å². The van der Waals surface area contributed by atoms with Gasteiger partial charge in [0.15, 0.2) is 0 Å². The molecule has 1 aromatic rings. The Morgan fingerprint density at radius 3 is 2.50 bits per heavy atom. The lowest BCUT2D eigenvalue weighted by Crippen LogP contribution is -2.32. The molecule has 0 amide bonds. The summed E-state index contributed by atoms with van der Waals surface area (Å²) in [6.07, 6.45) is 1.17. The van der Waals surface area contributed by atoms with Crippen molar-refractivity contribution in [1.82, 2.24) is 0 Å². The number of fused-ring (bicyclic) bond motifs is 1. The van der Waals surface area contributed by atoms with E-state index in [2.05, 4.69) is 43.5 Å². The maximum Gasteiger partial charge on any atom is 0.0581 e. The van der Waals surface area contributed by atoms with Crippen LogP contribution in [0.1, 0.15) is 24.5 Å². The van der Waals surface area contributed by atoms with E-state index in [4.69, 9.17) is 0 Å². The highest BCUT2D eigenvalue weighted by Gasteiger charge is 2.15. The van der Waals surface area contributed by atoms with Crippen molar-refractivity contribution >= 4 is 11.4 Å². The van der Waals surface area contributed by atoms with Gasteiger partial charge in [-0.25, -0.2) is 0 Å². The van der Waals surface area contributed by atoms with Crippen molar-refractivity contribution in [2.24, 2.45) is 0 Å². The first-order valence-corrected chi connectivity index (χ1v) is 5.32. The van der Waals surface area contributed by atoms with E-state index >= 15 is 0 Å². The zero-order valence-corrected chi connectivity index (χ0v) is 9.15. The second-order valence-electron chi connectivity index (χ2n) is 4.11. The van der Waals surface area contributed by atoms with Crippen LogP contribution in [0.25, 0.3) is 0 Å². The van der Waals surface area contributed by atoms with E-state index in [1.807, 2.05) is 0 Å². The summed E-state index contributed by atoms with van der Waals surface area (Å²) < 4.78 is 0. The Morgan fingerprint density at radius 1 is 1.21 bits per heavy atom. The summed E-state index contributed by atoms with van der Waals surface area (Å²) in [4.78, 5) is 0. The Bertz CT molecular complexity index is 344. The van der Waals surface area contributed by atoms with Crippen molar-refractivity contribution < 1.29 is 0 Å². The molecule has 0 fully saturated rings. The number of nitrogens with one attached hydrogen (secondary N) is 2. The van der Waals surface area contributed by atoms with Crippen molar-refractivity contribution in [1.29, 1.82) is 0 Å². The Hall–Kier alpha value is -1.18. The topological polar surface area (TPSA) is 24.1 Å². The van der Waals surface area contributed by atoms with Crippen LogP contribution >= 0.6 is 0 Å². The third-order valence-electron chi connectivity index (χ3n) is 3.03. The van der Waals surface area contributed by atoms with Crippen LogP contribution in [-0.4, -0.2) is 12.6 Å². The van der Waals surface area contributed by atoms with Gasteiger partial charge in [-0.3, -0.25) is 0 Å². The summed E-state index contributed by atoms with van der Waals surface area (Å²) in [5.74, 6) is 0. The fraction of sp³-hybridized carbons (Fsp3) is 0.500. The Balaban J connectivity index is 2.33. The van der Waals surface area contributed by atoms with Gasteiger partial charge in [0, 0.05) is 12.6 Å². The van der Waals surface area contributed by atoms with E-state index in [1.165, 1.54) is 28.9 Å². The van der Waals surface area contributed by atoms with Gasteiger partial charge < -0.3 is 10.6 Å². The summed E-state index contributed by atoms with van der Waals surface area (Å²) >= 11 is 0. The molecule has 0 saturated heterocycles. The van der Waals surface area contributed by atoms with E-state index in [1.54, 1.807) is 0 Å². The van der Waals surface area contributed by atoms with Gasteiger partial charge in [-0.05, 0) is 43.5 Å². The third kappa shape index (κ3) is 1.57. The van der Waals surface area contributed by atoms with Crippen LogP contribution in [0.4, 0.5) is 11.4 Å². The molecule has 2 heteroatoms. The molecule has 2 N–H and O–H groups in total. The third-order valence-corrected chi connectivity index (χ3v) is 3.03. The first kappa shape index (κ1) is 9.38. The van der Waals surface area contributed by atoms with Crippen molar-refractivity contribution in [2.45, 2.75) is 33.2 Å². The summed E-state index contributed by atoms with van der Waals surface area (Å²) in [5, 5.41) is 7.02. The van der Waals surface area contributed by atoms with Crippen LogP contribution in [0.15, 0.2) is 12.1 Å². The summed E-state index contributed by atoms with van der Waals surface area (Å²) in [7, 11) is 0. The zero-order chi connectivity index (χ0) is 10.1. The maximum absolute atomic E-state index is 3.55. The highest BCUT2D eigenvalue weighted by atomic mass is 15.1. The predicted molar refractivity (Wildman–Crippen MR) is 62.1 cm³/mol. The average Bonchev–Trinajstić information content (AvgIpc) is 2.19. The molecule has 1 heterocycles. The molecule has 0 saturated carbocycles. The summed E-state index contributed by atoms with van der Waals surface area (Å²) in [6, 6.07) is 5.04. The molecular formula is C12H18N2. The van der Waals surface area contributed by atoms with Crippen molar-refractivity contribution in [2.75, 3.05) is 17.2 Å². The SMILES string of the molecule is CCC1CNc2cc(C)c(C)cc2N1. The van der Waals surface area contributed by atoms with Gasteiger partial charge in [-0.1, -0.05) is 6.92 Å². The molecule has 1 atom stereocenters. The lowest BCUT2D eigenvalue weighted by Gasteiger charge is -2.28. The van der Waals surface area contributed by atoms with E-state index in [-0.39, 0.29) is 0 Å². The smallest absolute Gasteiger partial charge is 0.0581 e. The number of hydrogen-bond donors (Lipinski definition) is 2.